The number of aromatic nitrogens is 3. The third-order valence-corrected chi connectivity index (χ3v) is 7.24. The average molecular weight is 568 g/mol. The van der Waals surface area contributed by atoms with E-state index in [2.05, 4.69) is 41.3 Å². The van der Waals surface area contributed by atoms with Gasteiger partial charge >= 0.3 is 6.03 Å². The van der Waals surface area contributed by atoms with Gasteiger partial charge in [0.1, 0.15) is 23.5 Å². The number of amides is 3. The fourth-order valence-corrected chi connectivity index (χ4v) is 4.93. The summed E-state index contributed by atoms with van der Waals surface area (Å²) >= 11 is 0. The van der Waals surface area contributed by atoms with Gasteiger partial charge in [0, 0.05) is 54.6 Å². The molecule has 0 bridgehead atoms. The van der Waals surface area contributed by atoms with Crippen molar-refractivity contribution in [2.75, 3.05) is 23.7 Å². The predicted octanol–water partition coefficient (Wildman–Crippen LogP) is 5.95. The summed E-state index contributed by atoms with van der Waals surface area (Å²) in [5, 5.41) is 11.0. The molecule has 1 fully saturated rings. The van der Waals surface area contributed by atoms with Crippen molar-refractivity contribution < 1.29 is 14.3 Å². The second kappa shape index (κ2) is 12.4. The van der Waals surface area contributed by atoms with Crippen LogP contribution in [0.25, 0.3) is 0 Å². The number of hydrogen-bond donors (Lipinski definition) is 3. The molecule has 1 aliphatic heterocycles. The molecule has 1 saturated heterocycles. The lowest BCUT2D eigenvalue weighted by atomic mass is 9.92. The number of rotatable bonds is 9. The maximum atomic E-state index is 13.2. The maximum absolute atomic E-state index is 13.2. The molecule has 218 valence electrons. The molecule has 2 aromatic carbocycles. The minimum Gasteiger partial charge on any atom is -0.457 e. The van der Waals surface area contributed by atoms with Crippen LogP contribution in [0.4, 0.5) is 16.3 Å². The van der Waals surface area contributed by atoms with Gasteiger partial charge in [0.05, 0.1) is 5.69 Å². The van der Waals surface area contributed by atoms with Crippen molar-refractivity contribution >= 4 is 23.4 Å². The summed E-state index contributed by atoms with van der Waals surface area (Å²) < 4.78 is 7.75. The topological polar surface area (TPSA) is 127 Å². The number of primary amides is 1. The average Bonchev–Trinajstić information content (AvgIpc) is 3.65. The van der Waals surface area contributed by atoms with E-state index in [-0.39, 0.29) is 17.6 Å². The molecule has 1 unspecified atom stereocenters. The highest BCUT2D eigenvalue weighted by Gasteiger charge is 2.29. The van der Waals surface area contributed by atoms with Gasteiger partial charge in [-0.2, -0.15) is 5.10 Å². The monoisotopic (exact) mass is 567 g/mol. The molecule has 0 spiro atoms. The molecule has 3 heterocycles. The van der Waals surface area contributed by atoms with Gasteiger partial charge in [-0.25, -0.2) is 9.48 Å². The van der Waals surface area contributed by atoms with Crippen LogP contribution in [-0.2, 0) is 11.8 Å². The smallest absolute Gasteiger partial charge is 0.324 e. The summed E-state index contributed by atoms with van der Waals surface area (Å²) in [5.74, 6) is 1.49. The van der Waals surface area contributed by atoms with Crippen molar-refractivity contribution in [3.05, 3.63) is 95.9 Å². The third kappa shape index (κ3) is 7.13. The number of likely N-dealkylation sites (tertiary alicyclic amines) is 1. The Bertz CT molecular complexity index is 1500. The highest BCUT2D eigenvalue weighted by Crippen LogP contribution is 2.31. The first-order chi connectivity index (χ1) is 20.2. The summed E-state index contributed by atoms with van der Waals surface area (Å²) in [6, 6.07) is 19.7. The summed E-state index contributed by atoms with van der Waals surface area (Å²) in [4.78, 5) is 31.2. The van der Waals surface area contributed by atoms with Crippen LogP contribution < -0.4 is 21.1 Å². The van der Waals surface area contributed by atoms with E-state index >= 15 is 0 Å². The molecule has 42 heavy (non-hydrogen) atoms. The van der Waals surface area contributed by atoms with E-state index in [4.69, 9.17) is 15.6 Å². The number of urea groups is 1. The number of nitrogens with one attached hydrogen (secondary N) is 2. The van der Waals surface area contributed by atoms with Gasteiger partial charge in [0.15, 0.2) is 0 Å². The lowest BCUT2D eigenvalue weighted by Crippen LogP contribution is -2.34. The highest BCUT2D eigenvalue weighted by atomic mass is 16.5. The lowest BCUT2D eigenvalue weighted by molar-refractivity contribution is 0.1000. The van der Waals surface area contributed by atoms with Crippen LogP contribution in [0.2, 0.25) is 0 Å². The number of anilines is 2. The maximum Gasteiger partial charge on any atom is 0.324 e. The molecule has 0 saturated carbocycles. The molecule has 1 aliphatic rings. The molecule has 0 aliphatic carbocycles. The molecule has 10 heteroatoms. The van der Waals surface area contributed by atoms with Crippen LogP contribution in [0.5, 0.6) is 11.5 Å². The second-order valence-corrected chi connectivity index (χ2v) is 11.5. The largest absolute Gasteiger partial charge is 0.457 e. The van der Waals surface area contributed by atoms with Crippen molar-refractivity contribution in [3.8, 4) is 11.5 Å². The molecule has 4 aromatic rings. The van der Waals surface area contributed by atoms with E-state index in [1.807, 2.05) is 22.9 Å². The number of nitrogens with two attached hydrogens (primary N) is 1. The van der Waals surface area contributed by atoms with E-state index in [1.54, 1.807) is 60.9 Å². The van der Waals surface area contributed by atoms with Crippen molar-refractivity contribution in [3.63, 3.8) is 0 Å². The van der Waals surface area contributed by atoms with Crippen LogP contribution in [-0.4, -0.2) is 44.7 Å². The lowest BCUT2D eigenvalue weighted by Gasteiger charge is -2.29. The normalized spacial score (nSPS) is 14.4. The number of benzene rings is 2. The Hall–Kier alpha value is -4.70. The second-order valence-electron chi connectivity index (χ2n) is 11.5. The van der Waals surface area contributed by atoms with Crippen LogP contribution in [0.15, 0.2) is 79.1 Å². The molecule has 3 amide bonds. The van der Waals surface area contributed by atoms with Crippen molar-refractivity contribution in [1.29, 1.82) is 0 Å². The minimum absolute atomic E-state index is 0.122. The molecule has 0 radical (unpaired) electrons. The summed E-state index contributed by atoms with van der Waals surface area (Å²) in [5.41, 5.74) is 8.25. The van der Waals surface area contributed by atoms with E-state index in [0.29, 0.717) is 35.0 Å². The molecular formula is C32H37N7O3. The van der Waals surface area contributed by atoms with Gasteiger partial charge in [0.2, 0.25) is 5.91 Å². The van der Waals surface area contributed by atoms with E-state index in [9.17, 15) is 9.59 Å². The zero-order valence-corrected chi connectivity index (χ0v) is 24.2. The predicted molar refractivity (Wildman–Crippen MR) is 163 cm³/mol. The van der Waals surface area contributed by atoms with Crippen LogP contribution >= 0.6 is 0 Å². The quantitative estimate of drug-likeness (QED) is 0.229. The fourth-order valence-electron chi connectivity index (χ4n) is 4.93. The molecule has 10 nitrogen and oxygen atoms in total. The minimum atomic E-state index is -0.451. The number of ether oxygens (including phenoxy) is 1. The Morgan fingerprint density at radius 1 is 0.929 bits per heavy atom. The molecule has 1 atom stereocenters. The van der Waals surface area contributed by atoms with Crippen molar-refractivity contribution in [2.24, 2.45) is 5.73 Å². The first-order valence-electron chi connectivity index (χ1n) is 14.1. The molecule has 2 aromatic heterocycles. The Balaban J connectivity index is 1.36. The zero-order valence-electron chi connectivity index (χ0n) is 24.2. The fraction of sp³-hybridized carbons (Fsp3) is 0.312. The van der Waals surface area contributed by atoms with E-state index in [0.717, 1.165) is 37.2 Å². The Morgan fingerprint density at radius 2 is 1.57 bits per heavy atom. The van der Waals surface area contributed by atoms with Gasteiger partial charge in [-0.1, -0.05) is 32.9 Å². The summed E-state index contributed by atoms with van der Waals surface area (Å²) in [6.45, 7) is 8.19. The number of carbonyl (C=O) groups excluding carboxylic acids is 2. The SMILES string of the molecule is CC(C)(C)c1cc(NC(=O)Nc2ccc(Oc3ccncc3)cc2)n(C(Cc2ccc(C(N)=O)cc2)N2CCCC2)n1. The highest BCUT2D eigenvalue weighted by molar-refractivity contribution is 5.99. The molecular weight excluding hydrogens is 530 g/mol. The zero-order chi connectivity index (χ0) is 29.7. The Kier molecular flexibility index (Phi) is 8.53. The van der Waals surface area contributed by atoms with Gasteiger partial charge in [0.25, 0.3) is 0 Å². The third-order valence-electron chi connectivity index (χ3n) is 7.24. The molecule has 5 rings (SSSR count). The van der Waals surface area contributed by atoms with E-state index < -0.39 is 5.91 Å². The first kappa shape index (κ1) is 28.8. The van der Waals surface area contributed by atoms with Crippen LogP contribution in [0.3, 0.4) is 0 Å². The van der Waals surface area contributed by atoms with Crippen LogP contribution in [0.1, 0.15) is 61.4 Å². The first-order valence-corrected chi connectivity index (χ1v) is 14.1. The van der Waals surface area contributed by atoms with Gasteiger partial charge in [-0.3, -0.25) is 20.0 Å². The van der Waals surface area contributed by atoms with Gasteiger partial charge in [-0.15, -0.1) is 0 Å². The number of hydrogen-bond acceptors (Lipinski definition) is 6. The molecule has 4 N–H and O–H groups in total. The number of carbonyl (C=O) groups is 2. The number of nitrogens with zero attached hydrogens (tertiary/aromatic N) is 4. The van der Waals surface area contributed by atoms with Crippen LogP contribution in [0, 0.1) is 0 Å². The van der Waals surface area contributed by atoms with Gasteiger partial charge in [-0.05, 0) is 66.9 Å². The summed E-state index contributed by atoms with van der Waals surface area (Å²) in [7, 11) is 0. The number of pyridine rings is 1. The standard InChI is InChI=1S/C32H37N7O3/c1-32(2,3)27-21-28(36-31(41)35-24-10-12-25(13-11-24)42-26-14-16-34-17-15-26)39(37-27)29(38-18-4-5-19-38)20-22-6-8-23(9-7-22)30(33)40/h6-17,21,29H,4-5,18-20H2,1-3H3,(H2,33,40)(H2,35,36,41). The Labute approximate surface area is 245 Å². The van der Waals surface area contributed by atoms with Crippen molar-refractivity contribution in [2.45, 2.75) is 51.6 Å². The van der Waals surface area contributed by atoms with Crippen molar-refractivity contribution in [1.82, 2.24) is 19.7 Å². The van der Waals surface area contributed by atoms with E-state index in [1.165, 1.54) is 0 Å². The summed E-state index contributed by atoms with van der Waals surface area (Å²) in [6.07, 6.45) is 6.07. The Morgan fingerprint density at radius 3 is 2.19 bits per heavy atom. The van der Waals surface area contributed by atoms with Gasteiger partial charge < -0.3 is 15.8 Å².